The molecular formula is C18H18Cl2N4O2. The molecule has 3 rings (SSSR count). The average Bonchev–Trinajstić information content (AvgIpc) is 2.64. The van der Waals surface area contributed by atoms with Crippen molar-refractivity contribution in [1.29, 1.82) is 0 Å². The van der Waals surface area contributed by atoms with Gasteiger partial charge < -0.3 is 0 Å². The lowest BCUT2D eigenvalue weighted by atomic mass is 10.2. The molecule has 1 saturated heterocycles. The van der Waals surface area contributed by atoms with Crippen LogP contribution >= 0.6 is 23.2 Å². The highest BCUT2D eigenvalue weighted by Crippen LogP contribution is 2.24. The van der Waals surface area contributed by atoms with E-state index in [9.17, 15) is 10.1 Å². The zero-order valence-corrected chi connectivity index (χ0v) is 15.5. The van der Waals surface area contributed by atoms with E-state index in [1.54, 1.807) is 12.3 Å². The van der Waals surface area contributed by atoms with Crippen LogP contribution < -0.4 is 0 Å². The number of hydrazone groups is 1. The van der Waals surface area contributed by atoms with Crippen molar-refractivity contribution < 1.29 is 4.92 Å². The van der Waals surface area contributed by atoms with E-state index in [2.05, 4.69) is 10.0 Å². The summed E-state index contributed by atoms with van der Waals surface area (Å²) in [7, 11) is 0. The molecular weight excluding hydrogens is 375 g/mol. The van der Waals surface area contributed by atoms with Gasteiger partial charge in [0.15, 0.2) is 0 Å². The van der Waals surface area contributed by atoms with Crippen molar-refractivity contribution in [3.8, 4) is 0 Å². The van der Waals surface area contributed by atoms with Crippen LogP contribution in [0.1, 0.15) is 11.1 Å². The van der Waals surface area contributed by atoms with Gasteiger partial charge in [0, 0.05) is 49.4 Å². The lowest BCUT2D eigenvalue weighted by molar-refractivity contribution is -0.384. The standard InChI is InChI=1S/C18H18Cl2N4O2/c19-16-4-1-14(2-5-16)13-22-7-9-23(10-8-22)21-12-15-3-6-17(20)18(11-15)24(25)26/h1-6,11-12H,7-10,13H2/b21-12-. The molecule has 1 aliphatic heterocycles. The predicted molar refractivity (Wildman–Crippen MR) is 104 cm³/mol. The minimum Gasteiger partial charge on any atom is -0.295 e. The van der Waals surface area contributed by atoms with Crippen LogP contribution in [0.2, 0.25) is 10.0 Å². The van der Waals surface area contributed by atoms with Gasteiger partial charge in [0.1, 0.15) is 5.02 Å². The molecule has 2 aromatic rings. The fourth-order valence-corrected chi connectivity index (χ4v) is 3.07. The molecule has 2 aromatic carbocycles. The van der Waals surface area contributed by atoms with Gasteiger partial charge in [-0.15, -0.1) is 0 Å². The maximum Gasteiger partial charge on any atom is 0.288 e. The minimum absolute atomic E-state index is 0.108. The summed E-state index contributed by atoms with van der Waals surface area (Å²) in [6.45, 7) is 4.30. The minimum atomic E-state index is -0.491. The lowest BCUT2D eigenvalue weighted by Crippen LogP contribution is -2.43. The van der Waals surface area contributed by atoms with E-state index in [0.29, 0.717) is 5.56 Å². The molecule has 1 heterocycles. The predicted octanol–water partition coefficient (Wildman–Crippen LogP) is 4.05. The van der Waals surface area contributed by atoms with Crippen molar-refractivity contribution >= 4 is 35.1 Å². The van der Waals surface area contributed by atoms with E-state index >= 15 is 0 Å². The molecule has 0 atom stereocenters. The Hall–Kier alpha value is -2.15. The van der Waals surface area contributed by atoms with E-state index < -0.39 is 4.92 Å². The molecule has 8 heteroatoms. The fraction of sp³-hybridized carbons (Fsp3) is 0.278. The Bertz CT molecular complexity index is 803. The number of rotatable bonds is 5. The van der Waals surface area contributed by atoms with Gasteiger partial charge in [0.05, 0.1) is 11.1 Å². The summed E-state index contributed by atoms with van der Waals surface area (Å²) in [6.07, 6.45) is 1.64. The maximum atomic E-state index is 10.9. The number of nitro benzene ring substituents is 1. The van der Waals surface area contributed by atoms with Gasteiger partial charge in [0.25, 0.3) is 5.69 Å². The van der Waals surface area contributed by atoms with Gasteiger partial charge in [-0.3, -0.25) is 20.0 Å². The van der Waals surface area contributed by atoms with Crippen LogP contribution in [0.4, 0.5) is 5.69 Å². The molecule has 0 saturated carbocycles. The third kappa shape index (κ3) is 4.94. The van der Waals surface area contributed by atoms with E-state index in [1.165, 1.54) is 17.7 Å². The molecule has 1 fully saturated rings. The van der Waals surface area contributed by atoms with E-state index in [4.69, 9.17) is 23.2 Å². The second kappa shape index (κ2) is 8.49. The molecule has 0 aromatic heterocycles. The highest BCUT2D eigenvalue weighted by molar-refractivity contribution is 6.32. The Labute approximate surface area is 161 Å². The van der Waals surface area contributed by atoms with E-state index in [-0.39, 0.29) is 10.7 Å². The highest BCUT2D eigenvalue weighted by atomic mass is 35.5. The van der Waals surface area contributed by atoms with Gasteiger partial charge >= 0.3 is 0 Å². The Kier molecular flexibility index (Phi) is 6.08. The summed E-state index contributed by atoms with van der Waals surface area (Å²) in [5.41, 5.74) is 1.79. The third-order valence-corrected chi connectivity index (χ3v) is 4.78. The molecule has 0 N–H and O–H groups in total. The first-order valence-corrected chi connectivity index (χ1v) is 8.96. The number of benzene rings is 2. The Balaban J connectivity index is 1.53. The summed E-state index contributed by atoms with van der Waals surface area (Å²) in [5.74, 6) is 0. The molecule has 6 nitrogen and oxygen atoms in total. The fourth-order valence-electron chi connectivity index (χ4n) is 2.76. The first-order chi connectivity index (χ1) is 12.5. The first-order valence-electron chi connectivity index (χ1n) is 8.21. The zero-order valence-electron chi connectivity index (χ0n) is 14.0. The van der Waals surface area contributed by atoms with Crippen molar-refractivity contribution in [2.45, 2.75) is 6.54 Å². The number of hydrogen-bond acceptors (Lipinski definition) is 5. The lowest BCUT2D eigenvalue weighted by Gasteiger charge is -2.33. The highest BCUT2D eigenvalue weighted by Gasteiger charge is 2.16. The molecule has 0 aliphatic carbocycles. The van der Waals surface area contributed by atoms with Gasteiger partial charge in [0.2, 0.25) is 0 Å². The summed E-state index contributed by atoms with van der Waals surface area (Å²) >= 11 is 11.7. The van der Waals surface area contributed by atoms with Crippen LogP contribution in [0.15, 0.2) is 47.6 Å². The zero-order chi connectivity index (χ0) is 18.5. The Morgan fingerprint density at radius 3 is 2.42 bits per heavy atom. The Morgan fingerprint density at radius 1 is 1.08 bits per heavy atom. The smallest absolute Gasteiger partial charge is 0.288 e. The summed E-state index contributed by atoms with van der Waals surface area (Å²) in [6, 6.07) is 12.6. The quantitative estimate of drug-likeness (QED) is 0.437. The molecule has 0 bridgehead atoms. The number of piperazine rings is 1. The summed E-state index contributed by atoms with van der Waals surface area (Å²) < 4.78 is 0. The Morgan fingerprint density at radius 2 is 1.77 bits per heavy atom. The van der Waals surface area contributed by atoms with Crippen molar-refractivity contribution in [3.63, 3.8) is 0 Å². The molecule has 0 radical (unpaired) electrons. The summed E-state index contributed by atoms with van der Waals surface area (Å²) in [4.78, 5) is 12.8. The SMILES string of the molecule is O=[N+]([O-])c1cc(/C=N\N2CCN(Cc3ccc(Cl)cc3)CC2)ccc1Cl. The van der Waals surface area contributed by atoms with Crippen molar-refractivity contribution in [1.82, 2.24) is 9.91 Å². The van der Waals surface area contributed by atoms with Crippen LogP contribution in [0, 0.1) is 10.1 Å². The van der Waals surface area contributed by atoms with E-state index in [1.807, 2.05) is 29.3 Å². The number of halogens is 2. The topological polar surface area (TPSA) is 62.0 Å². The maximum absolute atomic E-state index is 10.9. The second-order valence-corrected chi connectivity index (χ2v) is 6.91. The van der Waals surface area contributed by atoms with Crippen LogP contribution in [-0.4, -0.2) is 47.2 Å². The second-order valence-electron chi connectivity index (χ2n) is 6.07. The molecule has 26 heavy (non-hydrogen) atoms. The van der Waals surface area contributed by atoms with Crippen LogP contribution in [-0.2, 0) is 6.54 Å². The largest absolute Gasteiger partial charge is 0.295 e. The summed E-state index contributed by atoms with van der Waals surface area (Å²) in [5, 5.41) is 18.2. The number of nitrogens with zero attached hydrogens (tertiary/aromatic N) is 4. The van der Waals surface area contributed by atoms with Gasteiger partial charge in [-0.2, -0.15) is 5.10 Å². The van der Waals surface area contributed by atoms with E-state index in [0.717, 1.165) is 37.7 Å². The van der Waals surface area contributed by atoms with Crippen LogP contribution in [0.25, 0.3) is 0 Å². The monoisotopic (exact) mass is 392 g/mol. The first kappa shape index (κ1) is 18.6. The molecule has 0 unspecified atom stereocenters. The van der Waals surface area contributed by atoms with Gasteiger partial charge in [-0.25, -0.2) is 0 Å². The van der Waals surface area contributed by atoms with Gasteiger partial charge in [-0.05, 0) is 23.8 Å². The molecule has 136 valence electrons. The third-order valence-electron chi connectivity index (χ3n) is 4.21. The molecule has 0 spiro atoms. The molecule has 1 aliphatic rings. The van der Waals surface area contributed by atoms with Crippen LogP contribution in [0.5, 0.6) is 0 Å². The number of hydrogen-bond donors (Lipinski definition) is 0. The van der Waals surface area contributed by atoms with Crippen molar-refractivity contribution in [2.75, 3.05) is 26.2 Å². The normalized spacial score (nSPS) is 15.5. The average molecular weight is 393 g/mol. The van der Waals surface area contributed by atoms with Gasteiger partial charge in [-0.1, -0.05) is 41.4 Å². The molecule has 0 amide bonds. The number of nitro groups is 1. The van der Waals surface area contributed by atoms with Crippen molar-refractivity contribution in [3.05, 3.63) is 73.8 Å². The van der Waals surface area contributed by atoms with Crippen LogP contribution in [0.3, 0.4) is 0 Å². The van der Waals surface area contributed by atoms with Crippen molar-refractivity contribution in [2.24, 2.45) is 5.10 Å².